The normalized spacial score (nSPS) is 32.3. The quantitative estimate of drug-likeness (QED) is 0.772. The van der Waals surface area contributed by atoms with E-state index < -0.39 is 0 Å². The molecule has 20 heavy (non-hydrogen) atoms. The van der Waals surface area contributed by atoms with Gasteiger partial charge < -0.3 is 21.5 Å². The van der Waals surface area contributed by atoms with Gasteiger partial charge in [0.15, 0.2) is 0 Å². The molecule has 4 rings (SSSR count). The Morgan fingerprint density at radius 1 is 1.40 bits per heavy atom. The van der Waals surface area contributed by atoms with Crippen LogP contribution in [0, 0.1) is 0 Å². The lowest BCUT2D eigenvalue weighted by molar-refractivity contribution is -0.149. The van der Waals surface area contributed by atoms with E-state index in [1.54, 1.807) is 0 Å². The first-order valence-electron chi connectivity index (χ1n) is 7.03. The molecule has 0 atom stereocenters. The van der Waals surface area contributed by atoms with Crippen molar-refractivity contribution in [2.75, 3.05) is 13.2 Å². The summed E-state index contributed by atoms with van der Waals surface area (Å²) in [7, 11) is 0. The molecule has 2 saturated heterocycles. The fraction of sp³-hybridized carbons (Fsp3) is 0.643. The number of rotatable bonds is 4. The molecule has 2 aliphatic heterocycles. The lowest BCUT2D eigenvalue weighted by Crippen LogP contribution is -2.62. The minimum Gasteiger partial charge on any atom is -0.371 e. The fourth-order valence-electron chi connectivity index (χ4n) is 3.03. The summed E-state index contributed by atoms with van der Waals surface area (Å²) in [6.07, 6.45) is 3.82. The topological polar surface area (TPSA) is 90.4 Å². The van der Waals surface area contributed by atoms with Gasteiger partial charge in [0.2, 0.25) is 0 Å². The maximum absolute atomic E-state index is 12.2. The summed E-state index contributed by atoms with van der Waals surface area (Å²) in [5.41, 5.74) is 12.4. The third-order valence-electron chi connectivity index (χ3n) is 4.57. The monoisotopic (exact) mass is 295 g/mol. The van der Waals surface area contributed by atoms with Gasteiger partial charge in [-0.05, 0) is 42.7 Å². The summed E-state index contributed by atoms with van der Waals surface area (Å²) in [6.45, 7) is 1.56. The number of nitrogens with two attached hydrogens (primary N) is 2. The molecule has 5 N–H and O–H groups in total. The molecule has 1 amide bonds. The van der Waals surface area contributed by atoms with Gasteiger partial charge in [-0.15, -0.1) is 11.3 Å². The van der Waals surface area contributed by atoms with Crippen LogP contribution in [0.1, 0.15) is 40.9 Å². The Kier molecular flexibility index (Phi) is 3.58. The summed E-state index contributed by atoms with van der Waals surface area (Å²) in [5.74, 6) is -0.0476. The van der Waals surface area contributed by atoms with E-state index in [2.05, 4.69) is 5.32 Å². The molecule has 2 bridgehead atoms. The van der Waals surface area contributed by atoms with Gasteiger partial charge in [0.05, 0.1) is 17.1 Å². The maximum atomic E-state index is 12.2. The number of nitrogens with one attached hydrogen (secondary N) is 1. The lowest BCUT2D eigenvalue weighted by Gasteiger charge is -2.51. The molecular formula is C14H21N3O2S. The highest BCUT2D eigenvalue weighted by Gasteiger charge is 2.47. The summed E-state index contributed by atoms with van der Waals surface area (Å²) in [5, 5.41) is 4.91. The second-order valence-corrected chi connectivity index (χ2v) is 6.91. The largest absolute Gasteiger partial charge is 0.371 e. The predicted octanol–water partition coefficient (Wildman–Crippen LogP) is 0.977. The third kappa shape index (κ3) is 2.48. The smallest absolute Gasteiger partial charge is 0.261 e. The van der Waals surface area contributed by atoms with Gasteiger partial charge >= 0.3 is 0 Å². The van der Waals surface area contributed by atoms with Gasteiger partial charge in [-0.2, -0.15) is 0 Å². The molecule has 0 aromatic carbocycles. The highest BCUT2D eigenvalue weighted by atomic mass is 32.1. The molecule has 6 heteroatoms. The van der Waals surface area contributed by atoms with E-state index >= 15 is 0 Å². The summed E-state index contributed by atoms with van der Waals surface area (Å²) in [6, 6.07) is 1.90. The number of thiophene rings is 1. The summed E-state index contributed by atoms with van der Waals surface area (Å²) in [4.78, 5) is 12.9. The van der Waals surface area contributed by atoms with Crippen LogP contribution in [0.4, 0.5) is 0 Å². The Labute approximate surface area is 122 Å². The fourth-order valence-corrected chi connectivity index (χ4v) is 3.88. The van der Waals surface area contributed by atoms with Crippen LogP contribution in [0.2, 0.25) is 0 Å². The number of ether oxygens (including phenoxy) is 1. The molecule has 3 fully saturated rings. The van der Waals surface area contributed by atoms with E-state index in [1.165, 1.54) is 11.3 Å². The maximum Gasteiger partial charge on any atom is 0.261 e. The van der Waals surface area contributed by atoms with Crippen molar-refractivity contribution in [3.05, 3.63) is 21.9 Å². The van der Waals surface area contributed by atoms with Crippen LogP contribution >= 0.6 is 11.3 Å². The van der Waals surface area contributed by atoms with Crippen molar-refractivity contribution in [2.45, 2.75) is 43.4 Å². The summed E-state index contributed by atoms with van der Waals surface area (Å²) < 4.78 is 5.93. The van der Waals surface area contributed by atoms with Crippen LogP contribution in [0.5, 0.6) is 0 Å². The standard InChI is InChI=1S/C14H21N3O2S/c15-7-10-1-6-20-11(10)12(18)17-8-14-4-2-13(16,3-5-14)9-19-14/h1,6H,2-5,7-9,15-16H2,(H,17,18). The SMILES string of the molecule is NCc1ccsc1C(=O)NCC12CCC(N)(CC1)CO2. The molecule has 0 spiro atoms. The van der Waals surface area contributed by atoms with Gasteiger partial charge in [-0.1, -0.05) is 0 Å². The van der Waals surface area contributed by atoms with Crippen LogP contribution in [0.15, 0.2) is 11.4 Å². The molecule has 5 nitrogen and oxygen atoms in total. The molecule has 1 aromatic rings. The minimum atomic E-state index is -0.211. The van der Waals surface area contributed by atoms with E-state index in [4.69, 9.17) is 16.2 Å². The molecule has 1 saturated carbocycles. The average Bonchev–Trinajstić information content (AvgIpc) is 2.95. The summed E-state index contributed by atoms with van der Waals surface area (Å²) >= 11 is 1.43. The van der Waals surface area contributed by atoms with Gasteiger partial charge in [-0.25, -0.2) is 0 Å². The predicted molar refractivity (Wildman–Crippen MR) is 78.6 cm³/mol. The van der Waals surface area contributed by atoms with Crippen LogP contribution in [-0.4, -0.2) is 30.2 Å². The van der Waals surface area contributed by atoms with Gasteiger partial charge in [-0.3, -0.25) is 4.79 Å². The van der Waals surface area contributed by atoms with Crippen molar-refractivity contribution in [1.29, 1.82) is 0 Å². The second-order valence-electron chi connectivity index (χ2n) is 6.00. The molecule has 0 radical (unpaired) electrons. The Hall–Kier alpha value is -0.950. The first-order chi connectivity index (χ1) is 9.56. The number of amides is 1. The van der Waals surface area contributed by atoms with Crippen molar-refractivity contribution in [1.82, 2.24) is 5.32 Å². The zero-order valence-electron chi connectivity index (χ0n) is 11.5. The number of hydrogen-bond donors (Lipinski definition) is 3. The first-order valence-corrected chi connectivity index (χ1v) is 7.91. The van der Waals surface area contributed by atoms with E-state index in [-0.39, 0.29) is 17.0 Å². The highest BCUT2D eigenvalue weighted by Crippen LogP contribution is 2.41. The number of carbonyl (C=O) groups excluding carboxylic acids is 1. The zero-order valence-corrected chi connectivity index (χ0v) is 12.3. The Bertz CT molecular complexity index is 490. The van der Waals surface area contributed by atoms with Crippen molar-refractivity contribution >= 4 is 17.2 Å². The van der Waals surface area contributed by atoms with E-state index in [9.17, 15) is 4.79 Å². The number of hydrogen-bond acceptors (Lipinski definition) is 5. The average molecular weight is 295 g/mol. The molecular weight excluding hydrogens is 274 g/mol. The Morgan fingerprint density at radius 2 is 2.15 bits per heavy atom. The number of carbonyl (C=O) groups is 1. The van der Waals surface area contributed by atoms with Crippen molar-refractivity contribution in [3.63, 3.8) is 0 Å². The molecule has 0 unspecified atom stereocenters. The van der Waals surface area contributed by atoms with Crippen molar-refractivity contribution < 1.29 is 9.53 Å². The Morgan fingerprint density at radius 3 is 2.75 bits per heavy atom. The Balaban J connectivity index is 1.61. The zero-order chi connectivity index (χ0) is 14.2. The molecule has 1 aliphatic carbocycles. The molecule has 1 aromatic heterocycles. The molecule has 110 valence electrons. The van der Waals surface area contributed by atoms with Gasteiger partial charge in [0.1, 0.15) is 0 Å². The van der Waals surface area contributed by atoms with Gasteiger partial charge in [0.25, 0.3) is 5.91 Å². The lowest BCUT2D eigenvalue weighted by atomic mass is 9.71. The van der Waals surface area contributed by atoms with Crippen LogP contribution in [0.25, 0.3) is 0 Å². The number of fused-ring (bicyclic) bond motifs is 3. The van der Waals surface area contributed by atoms with Crippen LogP contribution in [-0.2, 0) is 11.3 Å². The van der Waals surface area contributed by atoms with Gasteiger partial charge in [0, 0.05) is 18.6 Å². The minimum absolute atomic E-state index is 0.0476. The first kappa shape index (κ1) is 14.0. The van der Waals surface area contributed by atoms with E-state index in [0.717, 1.165) is 31.2 Å². The highest BCUT2D eigenvalue weighted by molar-refractivity contribution is 7.12. The van der Waals surface area contributed by atoms with Crippen LogP contribution < -0.4 is 16.8 Å². The van der Waals surface area contributed by atoms with E-state index in [1.807, 2.05) is 11.4 Å². The van der Waals surface area contributed by atoms with Crippen LogP contribution in [0.3, 0.4) is 0 Å². The molecule has 3 heterocycles. The van der Waals surface area contributed by atoms with Crippen molar-refractivity contribution in [3.8, 4) is 0 Å². The third-order valence-corrected chi connectivity index (χ3v) is 5.52. The van der Waals surface area contributed by atoms with Crippen molar-refractivity contribution in [2.24, 2.45) is 11.5 Å². The molecule has 3 aliphatic rings. The second kappa shape index (κ2) is 5.11. The van der Waals surface area contributed by atoms with E-state index in [0.29, 0.717) is 24.6 Å².